The van der Waals surface area contributed by atoms with Crippen LogP contribution in [0.4, 0.5) is 0 Å². The van der Waals surface area contributed by atoms with E-state index >= 15 is 0 Å². The third kappa shape index (κ3) is 1.92. The van der Waals surface area contributed by atoms with Crippen LogP contribution in [0, 0.1) is 6.07 Å². The number of rotatable bonds is 2. The summed E-state index contributed by atoms with van der Waals surface area (Å²) in [6, 6.07) is 15.4. The topological polar surface area (TPSA) is 9.23 Å². The fourth-order valence-corrected chi connectivity index (χ4v) is 2.13. The average Bonchev–Trinajstić information content (AvgIpc) is 2.18. The largest absolute Gasteiger partial charge is 0.642 e. The minimum atomic E-state index is -1.04. The van der Waals surface area contributed by atoms with Crippen molar-refractivity contribution in [1.82, 2.24) is 0 Å². The molecule has 0 spiro atoms. The average molecular weight is 199 g/mol. The summed E-state index contributed by atoms with van der Waals surface area (Å²) in [5.41, 5.74) is 0. The van der Waals surface area contributed by atoms with E-state index in [2.05, 4.69) is 35.8 Å². The van der Waals surface area contributed by atoms with E-state index in [-0.39, 0.29) is 0 Å². The quantitative estimate of drug-likeness (QED) is 0.674. The molecule has 0 amide bonds. The highest BCUT2D eigenvalue weighted by atomic mass is 27.2. The molecule has 0 fully saturated rings. The first kappa shape index (κ1) is 9.58. The molecule has 2 aromatic carbocycles. The van der Waals surface area contributed by atoms with Crippen molar-refractivity contribution in [1.29, 1.82) is 0 Å². The molecule has 0 saturated carbocycles. The molecule has 0 aliphatic rings. The van der Waals surface area contributed by atoms with Crippen LogP contribution in [-0.2, 0) is 0 Å². The van der Waals surface area contributed by atoms with Crippen LogP contribution in [0.15, 0.2) is 36.4 Å². The standard InChI is InChI=1S/C10H7O.2CH3.Al/c11-10-7-3-5-8-4-1-2-6-9(8)10;;;/h1-6,11H;2*1H3;/q;;;+1/p-1. The molecule has 0 atom stereocenters. The molecule has 14 heavy (non-hydrogen) atoms. The Bertz CT molecular complexity index is 432. The Kier molecular flexibility index (Phi) is 2.77. The van der Waals surface area contributed by atoms with Crippen molar-refractivity contribution in [2.45, 2.75) is 11.6 Å². The third-order valence-electron chi connectivity index (χ3n) is 2.04. The highest BCUT2D eigenvalue weighted by molar-refractivity contribution is 6.49. The van der Waals surface area contributed by atoms with Crippen LogP contribution < -0.4 is 3.79 Å². The predicted molar refractivity (Wildman–Crippen MR) is 60.9 cm³/mol. The van der Waals surface area contributed by atoms with E-state index in [0.29, 0.717) is 0 Å². The van der Waals surface area contributed by atoms with Gasteiger partial charge in [0.15, 0.2) is 0 Å². The Hall–Kier alpha value is -0.968. The van der Waals surface area contributed by atoms with Crippen molar-refractivity contribution < 1.29 is 3.79 Å². The van der Waals surface area contributed by atoms with Gasteiger partial charge in [-0.2, -0.15) is 0 Å². The Morgan fingerprint density at radius 2 is 1.93 bits per heavy atom. The maximum Gasteiger partial charge on any atom is 0.540 e. The summed E-state index contributed by atoms with van der Waals surface area (Å²) in [4.78, 5) is 0. The molecule has 0 heterocycles. The van der Waals surface area contributed by atoms with Crippen LogP contribution in [0.5, 0.6) is 5.75 Å². The van der Waals surface area contributed by atoms with Crippen LogP contribution in [0.3, 0.4) is 0 Å². The molecule has 1 nitrogen and oxygen atoms in total. The third-order valence-corrected chi connectivity index (χ3v) is 2.74. The van der Waals surface area contributed by atoms with Crippen LogP contribution in [0.25, 0.3) is 10.8 Å². The Labute approximate surface area is 89.0 Å². The van der Waals surface area contributed by atoms with Gasteiger partial charge in [0.25, 0.3) is 0 Å². The summed E-state index contributed by atoms with van der Waals surface area (Å²) < 4.78 is 5.81. The molecule has 0 aliphatic carbocycles. The first-order valence-electron chi connectivity index (χ1n) is 4.83. The molecule has 2 aromatic rings. The van der Waals surface area contributed by atoms with Crippen molar-refractivity contribution in [2.75, 3.05) is 0 Å². The van der Waals surface area contributed by atoms with E-state index < -0.39 is 14.5 Å². The molecule has 0 bridgehead atoms. The lowest BCUT2D eigenvalue weighted by molar-refractivity contribution is 0.586. The van der Waals surface area contributed by atoms with E-state index in [1.165, 1.54) is 5.39 Å². The monoisotopic (exact) mass is 199 g/mol. The second-order valence-corrected chi connectivity index (χ2v) is 5.89. The van der Waals surface area contributed by atoms with Gasteiger partial charge in [0.2, 0.25) is 0 Å². The molecule has 0 saturated heterocycles. The Morgan fingerprint density at radius 1 is 1.14 bits per heavy atom. The highest BCUT2D eigenvalue weighted by Gasteiger charge is 2.09. The van der Waals surface area contributed by atoms with Gasteiger partial charge < -0.3 is 3.79 Å². The molecule has 1 radical (unpaired) electrons. The smallest absolute Gasteiger partial charge is 0.540 e. The van der Waals surface area contributed by atoms with Gasteiger partial charge in [-0.15, -0.1) is 0 Å². The number of hydrogen-bond donors (Lipinski definition) is 0. The second kappa shape index (κ2) is 4.04. The maximum absolute atomic E-state index is 5.81. The fourth-order valence-electron chi connectivity index (χ4n) is 1.47. The van der Waals surface area contributed by atoms with E-state index in [9.17, 15) is 0 Å². The predicted octanol–water partition coefficient (Wildman–Crippen LogP) is 3.27. The van der Waals surface area contributed by atoms with Gasteiger partial charge in [-0.05, 0) is 5.39 Å². The van der Waals surface area contributed by atoms with Gasteiger partial charge in [0.05, 0.1) is 5.75 Å². The number of hydrogen-bond acceptors (Lipinski definition) is 1. The van der Waals surface area contributed by atoms with E-state index in [1.54, 1.807) is 0 Å². The highest BCUT2D eigenvalue weighted by Crippen LogP contribution is 2.24. The van der Waals surface area contributed by atoms with E-state index in [4.69, 9.17) is 3.79 Å². The zero-order valence-corrected chi connectivity index (χ0v) is 9.60. The summed E-state index contributed by atoms with van der Waals surface area (Å²) in [6.07, 6.45) is 0. The normalized spacial score (nSPS) is 10.1. The first-order chi connectivity index (χ1) is 6.77. The Morgan fingerprint density at radius 3 is 2.71 bits per heavy atom. The van der Waals surface area contributed by atoms with E-state index in [1.807, 2.05) is 18.2 Å². The summed E-state index contributed by atoms with van der Waals surface area (Å²) in [5.74, 6) is 5.23. The molecular formula is C12H12AlO. The molecule has 2 rings (SSSR count). The number of fused-ring (bicyclic) bond motifs is 1. The van der Waals surface area contributed by atoms with Gasteiger partial charge >= 0.3 is 14.5 Å². The lowest BCUT2D eigenvalue weighted by atomic mass is 10.1. The van der Waals surface area contributed by atoms with Gasteiger partial charge in [-0.1, -0.05) is 48.0 Å². The van der Waals surface area contributed by atoms with Gasteiger partial charge in [-0.25, -0.2) is 0 Å². The van der Waals surface area contributed by atoms with Crippen molar-refractivity contribution in [2.24, 2.45) is 0 Å². The summed E-state index contributed by atoms with van der Waals surface area (Å²) in [6.45, 7) is 0. The van der Waals surface area contributed by atoms with Crippen LogP contribution in [0.2, 0.25) is 11.6 Å². The summed E-state index contributed by atoms with van der Waals surface area (Å²) >= 11 is -1.04. The van der Waals surface area contributed by atoms with Crippen molar-refractivity contribution in [3.63, 3.8) is 0 Å². The van der Waals surface area contributed by atoms with Crippen molar-refractivity contribution in [3.8, 4) is 5.75 Å². The molecule has 0 unspecified atom stereocenters. The number of benzene rings is 2. The van der Waals surface area contributed by atoms with Gasteiger partial charge in [0, 0.05) is 11.5 Å². The molecule has 2 heteroatoms. The fraction of sp³-hybridized carbons (Fsp3) is 0.167. The molecule has 0 aromatic heterocycles. The summed E-state index contributed by atoms with van der Waals surface area (Å²) in [5, 5.41) is 2.38. The van der Waals surface area contributed by atoms with Crippen LogP contribution in [-0.4, -0.2) is 14.5 Å². The zero-order valence-electron chi connectivity index (χ0n) is 8.45. The van der Waals surface area contributed by atoms with Crippen molar-refractivity contribution in [3.05, 3.63) is 42.5 Å². The molecule has 0 aliphatic heterocycles. The SMILES string of the molecule is [CH3][Al]([CH3])[O]c1[c]ccc2ccccc12. The van der Waals surface area contributed by atoms with Crippen LogP contribution in [0.1, 0.15) is 0 Å². The second-order valence-electron chi connectivity index (χ2n) is 3.56. The lowest BCUT2D eigenvalue weighted by Gasteiger charge is -2.10. The first-order valence-corrected chi connectivity index (χ1v) is 7.61. The minimum Gasteiger partial charge on any atom is -0.642 e. The zero-order chi connectivity index (χ0) is 9.97. The van der Waals surface area contributed by atoms with Gasteiger partial charge in [-0.3, -0.25) is 0 Å². The maximum atomic E-state index is 5.81. The van der Waals surface area contributed by atoms with Crippen LogP contribution >= 0.6 is 0 Å². The molecule has 69 valence electrons. The minimum absolute atomic E-state index is 0.907. The van der Waals surface area contributed by atoms with E-state index in [0.717, 1.165) is 11.1 Å². The van der Waals surface area contributed by atoms with Gasteiger partial charge in [0.1, 0.15) is 0 Å². The molecule has 0 N–H and O–H groups in total. The van der Waals surface area contributed by atoms with Crippen molar-refractivity contribution >= 4 is 25.3 Å². The lowest BCUT2D eigenvalue weighted by Crippen LogP contribution is -2.11. The Balaban J connectivity index is 2.53. The summed E-state index contributed by atoms with van der Waals surface area (Å²) in [7, 11) is 0. The molecular weight excluding hydrogens is 187 g/mol.